The molecule has 2 rings (SSSR count). The lowest BCUT2D eigenvalue weighted by Crippen LogP contribution is -2.08. The van der Waals surface area contributed by atoms with Crippen LogP contribution in [0, 0.1) is 23.2 Å². The molecule has 1 spiro atoms. The highest BCUT2D eigenvalue weighted by Gasteiger charge is 2.42. The minimum absolute atomic E-state index is 0.826. The van der Waals surface area contributed by atoms with Crippen molar-refractivity contribution in [1.29, 1.82) is 0 Å². The van der Waals surface area contributed by atoms with Crippen LogP contribution in [0.15, 0.2) is 0 Å². The van der Waals surface area contributed by atoms with Crippen LogP contribution in [0.3, 0.4) is 0 Å². The van der Waals surface area contributed by atoms with E-state index in [4.69, 9.17) is 0 Å². The van der Waals surface area contributed by atoms with Gasteiger partial charge in [-0.25, -0.2) is 0 Å². The lowest BCUT2D eigenvalue weighted by Gasteiger charge is -2.20. The molecule has 0 radical (unpaired) electrons. The summed E-state index contributed by atoms with van der Waals surface area (Å²) in [5.41, 5.74) is 0.826. The highest BCUT2D eigenvalue weighted by molar-refractivity contribution is 4.94. The fourth-order valence-electron chi connectivity index (χ4n) is 3.73. The van der Waals surface area contributed by atoms with Crippen LogP contribution in [0.5, 0.6) is 0 Å². The van der Waals surface area contributed by atoms with Gasteiger partial charge in [0.2, 0.25) is 0 Å². The SMILES string of the molecule is CC1CCCC(C)C(C)CCCC2(CC2)C1. The van der Waals surface area contributed by atoms with Crippen molar-refractivity contribution < 1.29 is 0 Å². The minimum atomic E-state index is 0.826. The van der Waals surface area contributed by atoms with Crippen molar-refractivity contribution in [1.82, 2.24) is 0 Å². The van der Waals surface area contributed by atoms with Crippen molar-refractivity contribution in [2.45, 2.75) is 78.6 Å². The molecule has 0 N–H and O–H groups in total. The summed E-state index contributed by atoms with van der Waals surface area (Å²) < 4.78 is 0. The summed E-state index contributed by atoms with van der Waals surface area (Å²) in [6.07, 6.45) is 13.6. The molecule has 2 fully saturated rings. The van der Waals surface area contributed by atoms with Gasteiger partial charge < -0.3 is 0 Å². The third kappa shape index (κ3) is 3.25. The molecule has 3 atom stereocenters. The summed E-state index contributed by atoms with van der Waals surface area (Å²) in [4.78, 5) is 0. The highest BCUT2D eigenvalue weighted by atomic mass is 14.5. The van der Waals surface area contributed by atoms with Crippen LogP contribution in [0.2, 0.25) is 0 Å². The van der Waals surface area contributed by atoms with Crippen molar-refractivity contribution in [2.75, 3.05) is 0 Å². The Balaban J connectivity index is 1.90. The molecule has 0 nitrogen and oxygen atoms in total. The molecule has 94 valence electrons. The van der Waals surface area contributed by atoms with Crippen molar-refractivity contribution in [2.24, 2.45) is 23.2 Å². The summed E-state index contributed by atoms with van der Waals surface area (Å²) in [5.74, 6) is 2.91. The normalized spacial score (nSPS) is 40.3. The van der Waals surface area contributed by atoms with E-state index in [2.05, 4.69) is 20.8 Å². The van der Waals surface area contributed by atoms with E-state index >= 15 is 0 Å². The van der Waals surface area contributed by atoms with Crippen molar-refractivity contribution in [3.63, 3.8) is 0 Å². The molecule has 2 saturated carbocycles. The fourth-order valence-corrected chi connectivity index (χ4v) is 3.73. The van der Waals surface area contributed by atoms with Gasteiger partial charge in [-0.1, -0.05) is 52.9 Å². The van der Waals surface area contributed by atoms with E-state index in [9.17, 15) is 0 Å². The van der Waals surface area contributed by atoms with Gasteiger partial charge in [0.15, 0.2) is 0 Å². The first kappa shape index (κ1) is 12.5. The highest BCUT2D eigenvalue weighted by Crippen LogP contribution is 2.55. The first-order valence-electron chi connectivity index (χ1n) is 7.61. The average molecular weight is 222 g/mol. The van der Waals surface area contributed by atoms with Gasteiger partial charge >= 0.3 is 0 Å². The van der Waals surface area contributed by atoms with E-state index in [0.29, 0.717) is 0 Å². The van der Waals surface area contributed by atoms with Crippen LogP contribution >= 0.6 is 0 Å². The topological polar surface area (TPSA) is 0 Å². The summed E-state index contributed by atoms with van der Waals surface area (Å²) in [7, 11) is 0. The first-order valence-corrected chi connectivity index (χ1v) is 7.61. The van der Waals surface area contributed by atoms with Gasteiger partial charge in [0, 0.05) is 0 Å². The van der Waals surface area contributed by atoms with E-state index in [-0.39, 0.29) is 0 Å². The van der Waals surface area contributed by atoms with Crippen LogP contribution in [0.4, 0.5) is 0 Å². The molecule has 2 aliphatic carbocycles. The molecule has 0 amide bonds. The van der Waals surface area contributed by atoms with Crippen molar-refractivity contribution in [3.05, 3.63) is 0 Å². The van der Waals surface area contributed by atoms with Gasteiger partial charge in [-0.15, -0.1) is 0 Å². The summed E-state index contributed by atoms with van der Waals surface area (Å²) in [5, 5.41) is 0. The molecular formula is C16H30. The van der Waals surface area contributed by atoms with Gasteiger partial charge in [0.05, 0.1) is 0 Å². The number of hydrogen-bond acceptors (Lipinski definition) is 0. The average Bonchev–Trinajstić information content (AvgIpc) is 2.97. The van der Waals surface area contributed by atoms with Gasteiger partial charge in [0.25, 0.3) is 0 Å². The predicted octanol–water partition coefficient (Wildman–Crippen LogP) is 5.42. The third-order valence-corrected chi connectivity index (χ3v) is 5.43. The molecule has 16 heavy (non-hydrogen) atoms. The van der Waals surface area contributed by atoms with E-state index in [1.165, 1.54) is 44.9 Å². The molecule has 0 saturated heterocycles. The Kier molecular flexibility index (Phi) is 3.97. The van der Waals surface area contributed by atoms with Crippen molar-refractivity contribution >= 4 is 0 Å². The summed E-state index contributed by atoms with van der Waals surface area (Å²) >= 11 is 0. The van der Waals surface area contributed by atoms with E-state index in [0.717, 1.165) is 23.2 Å². The van der Waals surface area contributed by atoms with Crippen molar-refractivity contribution in [3.8, 4) is 0 Å². The second kappa shape index (κ2) is 5.10. The molecule has 3 unspecified atom stereocenters. The molecular weight excluding hydrogens is 192 g/mol. The Morgan fingerprint density at radius 3 is 2.00 bits per heavy atom. The Labute approximate surface area is 102 Å². The molecule has 0 aromatic heterocycles. The van der Waals surface area contributed by atoms with Gasteiger partial charge in [-0.3, -0.25) is 0 Å². The van der Waals surface area contributed by atoms with E-state index in [1.54, 1.807) is 12.8 Å². The first-order chi connectivity index (χ1) is 7.61. The largest absolute Gasteiger partial charge is 0.0625 e. The third-order valence-electron chi connectivity index (χ3n) is 5.43. The Bertz CT molecular complexity index is 214. The quantitative estimate of drug-likeness (QED) is 0.513. The molecule has 0 aromatic carbocycles. The van der Waals surface area contributed by atoms with Gasteiger partial charge in [-0.2, -0.15) is 0 Å². The Morgan fingerprint density at radius 2 is 1.38 bits per heavy atom. The zero-order valence-electron chi connectivity index (χ0n) is 11.6. The maximum absolute atomic E-state index is 2.49. The van der Waals surface area contributed by atoms with Crippen LogP contribution in [0.25, 0.3) is 0 Å². The van der Waals surface area contributed by atoms with E-state index in [1.807, 2.05) is 0 Å². The zero-order valence-corrected chi connectivity index (χ0v) is 11.6. The summed E-state index contributed by atoms with van der Waals surface area (Å²) in [6.45, 7) is 7.44. The number of rotatable bonds is 0. The van der Waals surface area contributed by atoms with Gasteiger partial charge in [-0.05, 0) is 48.9 Å². The van der Waals surface area contributed by atoms with Crippen LogP contribution in [0.1, 0.15) is 78.6 Å². The van der Waals surface area contributed by atoms with Gasteiger partial charge in [0.1, 0.15) is 0 Å². The Morgan fingerprint density at radius 1 is 0.750 bits per heavy atom. The lowest BCUT2D eigenvalue weighted by atomic mass is 9.86. The second-order valence-corrected chi connectivity index (χ2v) is 7.09. The van der Waals surface area contributed by atoms with Crippen LogP contribution in [-0.2, 0) is 0 Å². The fraction of sp³-hybridized carbons (Fsp3) is 1.00. The monoisotopic (exact) mass is 222 g/mol. The zero-order chi connectivity index (χ0) is 11.6. The maximum Gasteiger partial charge on any atom is -0.0295 e. The lowest BCUT2D eigenvalue weighted by molar-refractivity contribution is 0.317. The standard InChI is InChI=1S/C16H30/c1-13-6-4-7-14(2)15(3)8-5-9-16(12-13)10-11-16/h13-15H,4-12H2,1-3H3. The molecule has 0 aliphatic heterocycles. The predicted molar refractivity (Wildman–Crippen MR) is 71.5 cm³/mol. The second-order valence-electron chi connectivity index (χ2n) is 7.09. The van der Waals surface area contributed by atoms with Crippen LogP contribution in [-0.4, -0.2) is 0 Å². The smallest absolute Gasteiger partial charge is 0.0295 e. The molecule has 0 heterocycles. The molecule has 0 aromatic rings. The molecule has 2 aliphatic rings. The minimum Gasteiger partial charge on any atom is -0.0625 e. The van der Waals surface area contributed by atoms with Crippen LogP contribution < -0.4 is 0 Å². The molecule has 0 heteroatoms. The maximum atomic E-state index is 2.49. The summed E-state index contributed by atoms with van der Waals surface area (Å²) in [6, 6.07) is 0. The number of hydrogen-bond donors (Lipinski definition) is 0. The Hall–Kier alpha value is 0. The van der Waals surface area contributed by atoms with E-state index < -0.39 is 0 Å². The molecule has 0 bridgehead atoms.